The fraction of sp³-hybridized carbons (Fsp3) is 0.158. The van der Waals surface area contributed by atoms with Crippen LogP contribution in [0.15, 0.2) is 53.3 Å². The zero-order chi connectivity index (χ0) is 18.5. The number of fused-ring (bicyclic) bond motifs is 1. The van der Waals surface area contributed by atoms with Gasteiger partial charge in [-0.05, 0) is 37.3 Å². The number of anilines is 1. The number of amides is 1. The van der Waals surface area contributed by atoms with Crippen LogP contribution in [0, 0.1) is 11.3 Å². The zero-order valence-corrected chi connectivity index (χ0v) is 14.1. The Morgan fingerprint density at radius 3 is 2.54 bits per heavy atom. The van der Waals surface area contributed by atoms with E-state index >= 15 is 0 Å². The third kappa shape index (κ3) is 3.39. The van der Waals surface area contributed by atoms with E-state index in [0.717, 1.165) is 0 Å². The van der Waals surface area contributed by atoms with E-state index in [2.05, 4.69) is 10.4 Å². The van der Waals surface area contributed by atoms with Crippen LogP contribution in [-0.4, -0.2) is 22.3 Å². The van der Waals surface area contributed by atoms with Crippen molar-refractivity contribution in [2.24, 2.45) is 0 Å². The average Bonchev–Trinajstić information content (AvgIpc) is 2.68. The molecule has 0 aliphatic carbocycles. The molecule has 26 heavy (non-hydrogen) atoms. The summed E-state index contributed by atoms with van der Waals surface area (Å²) in [5.41, 5.74) is 0.518. The van der Waals surface area contributed by atoms with Gasteiger partial charge < -0.3 is 10.1 Å². The summed E-state index contributed by atoms with van der Waals surface area (Å²) in [6.07, 6.45) is 0. The van der Waals surface area contributed by atoms with Crippen LogP contribution in [0.3, 0.4) is 0 Å². The summed E-state index contributed by atoms with van der Waals surface area (Å²) < 4.78 is 6.45. The number of ether oxygens (including phenoxy) is 1. The molecular formula is C19H16N4O3. The number of benzene rings is 2. The van der Waals surface area contributed by atoms with Gasteiger partial charge in [-0.25, -0.2) is 4.68 Å². The Morgan fingerprint density at radius 1 is 1.19 bits per heavy atom. The molecule has 7 nitrogen and oxygen atoms in total. The van der Waals surface area contributed by atoms with E-state index in [1.54, 1.807) is 55.5 Å². The van der Waals surface area contributed by atoms with Crippen molar-refractivity contribution in [3.63, 3.8) is 0 Å². The molecule has 2 aromatic carbocycles. The highest BCUT2D eigenvalue weighted by Crippen LogP contribution is 2.18. The van der Waals surface area contributed by atoms with E-state index in [-0.39, 0.29) is 17.9 Å². The van der Waals surface area contributed by atoms with Gasteiger partial charge in [-0.1, -0.05) is 18.2 Å². The number of nitrogens with one attached hydrogen (secondary N) is 1. The van der Waals surface area contributed by atoms with Gasteiger partial charge in [0.05, 0.1) is 5.39 Å². The lowest BCUT2D eigenvalue weighted by Crippen LogP contribution is -2.27. The van der Waals surface area contributed by atoms with Crippen LogP contribution in [0.5, 0.6) is 5.75 Å². The van der Waals surface area contributed by atoms with Crippen LogP contribution in [0.25, 0.3) is 10.8 Å². The first kappa shape index (κ1) is 17.2. The molecule has 0 aliphatic rings. The second kappa shape index (κ2) is 7.49. The van der Waals surface area contributed by atoms with Gasteiger partial charge in [-0.2, -0.15) is 10.4 Å². The van der Waals surface area contributed by atoms with E-state index < -0.39 is 5.91 Å². The molecule has 130 valence electrons. The molecular weight excluding hydrogens is 332 g/mol. The molecule has 0 unspecified atom stereocenters. The molecule has 0 aliphatic heterocycles. The number of aromatic nitrogens is 2. The summed E-state index contributed by atoms with van der Waals surface area (Å²) in [5.74, 6) is 0.127. The monoisotopic (exact) mass is 348 g/mol. The van der Waals surface area contributed by atoms with Gasteiger partial charge in [0.2, 0.25) is 0 Å². The van der Waals surface area contributed by atoms with E-state index in [1.165, 1.54) is 4.68 Å². The van der Waals surface area contributed by atoms with Crippen molar-refractivity contribution < 1.29 is 9.53 Å². The Bertz CT molecular complexity index is 1050. The molecule has 0 bridgehead atoms. The average molecular weight is 348 g/mol. The third-order valence-corrected chi connectivity index (χ3v) is 3.80. The first-order valence-electron chi connectivity index (χ1n) is 8.05. The molecule has 1 N–H and O–H groups in total. The molecule has 7 heteroatoms. The highest BCUT2D eigenvalue weighted by molar-refractivity contribution is 6.11. The number of rotatable bonds is 5. The van der Waals surface area contributed by atoms with Gasteiger partial charge in [0.1, 0.15) is 11.8 Å². The fourth-order valence-electron chi connectivity index (χ4n) is 2.56. The lowest BCUT2D eigenvalue weighted by molar-refractivity contribution is 0.102. The number of nitrogens with zero attached hydrogens (tertiary/aromatic N) is 3. The summed E-state index contributed by atoms with van der Waals surface area (Å²) in [6.45, 7) is 2.12. The minimum absolute atomic E-state index is 0.0415. The fourth-order valence-corrected chi connectivity index (χ4v) is 2.56. The highest BCUT2D eigenvalue weighted by Gasteiger charge is 2.16. The Balaban J connectivity index is 1.92. The summed E-state index contributed by atoms with van der Waals surface area (Å²) in [5, 5.41) is 16.4. The van der Waals surface area contributed by atoms with Crippen LogP contribution >= 0.6 is 0 Å². The Kier molecular flexibility index (Phi) is 4.94. The molecule has 0 spiro atoms. The predicted octanol–water partition coefficient (Wildman–Crippen LogP) is 2.57. The largest absolute Gasteiger partial charge is 0.479 e. The van der Waals surface area contributed by atoms with Gasteiger partial charge in [0.15, 0.2) is 12.3 Å². The van der Waals surface area contributed by atoms with Gasteiger partial charge in [-0.3, -0.25) is 9.59 Å². The topological polar surface area (TPSA) is 97.0 Å². The molecule has 1 amide bonds. The maximum absolute atomic E-state index is 12.7. The van der Waals surface area contributed by atoms with Crippen molar-refractivity contribution in [1.29, 1.82) is 5.26 Å². The lowest BCUT2D eigenvalue weighted by atomic mass is 10.1. The van der Waals surface area contributed by atoms with E-state index in [4.69, 9.17) is 10.00 Å². The van der Waals surface area contributed by atoms with Crippen LogP contribution < -0.4 is 15.6 Å². The maximum atomic E-state index is 12.7. The molecule has 1 heterocycles. The van der Waals surface area contributed by atoms with Crippen molar-refractivity contribution in [3.05, 3.63) is 64.6 Å². The highest BCUT2D eigenvalue weighted by atomic mass is 16.5. The second-order valence-electron chi connectivity index (χ2n) is 5.44. The number of nitriles is 1. The number of carbonyl (C=O) groups excluding carboxylic acids is 1. The lowest BCUT2D eigenvalue weighted by Gasteiger charge is -2.10. The van der Waals surface area contributed by atoms with Crippen molar-refractivity contribution in [3.8, 4) is 11.8 Å². The smallest absolute Gasteiger partial charge is 0.276 e. The summed E-state index contributed by atoms with van der Waals surface area (Å²) >= 11 is 0. The first-order chi connectivity index (χ1) is 12.6. The van der Waals surface area contributed by atoms with Gasteiger partial charge in [0.25, 0.3) is 11.5 Å². The zero-order valence-electron chi connectivity index (χ0n) is 14.1. The van der Waals surface area contributed by atoms with Crippen LogP contribution in [0.4, 0.5) is 5.69 Å². The first-order valence-corrected chi connectivity index (χ1v) is 8.05. The Labute approximate surface area is 149 Å². The Hall–Kier alpha value is -3.66. The summed E-state index contributed by atoms with van der Waals surface area (Å²) in [4.78, 5) is 25.0. The molecule has 0 atom stereocenters. The van der Waals surface area contributed by atoms with Crippen LogP contribution in [0.1, 0.15) is 17.4 Å². The quantitative estimate of drug-likeness (QED) is 0.764. The van der Waals surface area contributed by atoms with Crippen molar-refractivity contribution in [2.75, 3.05) is 11.9 Å². The SMILES string of the molecule is CCn1nc(C(=O)Nc2ccc(OCC#N)cc2)c2ccccc2c1=O. The number of carbonyl (C=O) groups is 1. The standard InChI is InChI=1S/C19H16N4O3/c1-2-23-19(25)16-6-4-3-5-15(16)17(22-23)18(24)21-13-7-9-14(10-8-13)26-12-11-20/h3-10H,2,12H2,1H3,(H,21,24). The molecule has 0 saturated carbocycles. The normalized spacial score (nSPS) is 10.3. The van der Waals surface area contributed by atoms with Crippen molar-refractivity contribution in [2.45, 2.75) is 13.5 Å². The molecule has 3 rings (SSSR count). The van der Waals surface area contributed by atoms with E-state index in [0.29, 0.717) is 28.8 Å². The van der Waals surface area contributed by atoms with Gasteiger partial charge in [-0.15, -0.1) is 0 Å². The minimum Gasteiger partial charge on any atom is -0.479 e. The van der Waals surface area contributed by atoms with Gasteiger partial charge >= 0.3 is 0 Å². The molecule has 3 aromatic rings. The molecule has 0 saturated heterocycles. The van der Waals surface area contributed by atoms with Crippen molar-refractivity contribution >= 4 is 22.4 Å². The third-order valence-electron chi connectivity index (χ3n) is 3.80. The summed E-state index contributed by atoms with van der Waals surface area (Å²) in [7, 11) is 0. The second-order valence-corrected chi connectivity index (χ2v) is 5.44. The molecule has 0 radical (unpaired) electrons. The maximum Gasteiger partial charge on any atom is 0.276 e. The minimum atomic E-state index is -0.408. The number of hydrogen-bond acceptors (Lipinski definition) is 5. The van der Waals surface area contributed by atoms with Gasteiger partial charge in [0, 0.05) is 17.6 Å². The van der Waals surface area contributed by atoms with Crippen molar-refractivity contribution in [1.82, 2.24) is 9.78 Å². The van der Waals surface area contributed by atoms with E-state index in [9.17, 15) is 9.59 Å². The summed E-state index contributed by atoms with van der Waals surface area (Å²) in [6, 6.07) is 15.5. The molecule has 0 fully saturated rings. The molecule has 1 aromatic heterocycles. The van der Waals surface area contributed by atoms with E-state index in [1.807, 2.05) is 6.07 Å². The number of aryl methyl sites for hydroxylation is 1. The predicted molar refractivity (Wildman–Crippen MR) is 97.2 cm³/mol. The number of hydrogen-bond donors (Lipinski definition) is 1. The van der Waals surface area contributed by atoms with Crippen LogP contribution in [0.2, 0.25) is 0 Å². The van der Waals surface area contributed by atoms with Crippen LogP contribution in [-0.2, 0) is 6.54 Å². The Morgan fingerprint density at radius 2 is 1.88 bits per heavy atom.